The van der Waals surface area contributed by atoms with E-state index in [4.69, 9.17) is 0 Å². The normalized spacial score (nSPS) is 16.8. The number of aryl methyl sites for hydroxylation is 3. The number of hydrogen-bond donors (Lipinski definition) is 1. The van der Waals surface area contributed by atoms with Gasteiger partial charge in [-0.2, -0.15) is 5.10 Å². The molecule has 1 aliphatic carbocycles. The van der Waals surface area contributed by atoms with E-state index in [1.54, 1.807) is 10.4 Å². The molecule has 0 amide bonds. The Bertz CT molecular complexity index is 559. The predicted molar refractivity (Wildman–Crippen MR) is 87.4 cm³/mol. The van der Waals surface area contributed by atoms with Crippen LogP contribution in [0.4, 0.5) is 0 Å². The molecular formula is C15H20BrN3S. The van der Waals surface area contributed by atoms with Crippen LogP contribution < -0.4 is 5.32 Å². The highest BCUT2D eigenvalue weighted by molar-refractivity contribution is 9.10. The molecule has 2 aromatic heterocycles. The minimum absolute atomic E-state index is 0.216. The first-order valence-corrected chi connectivity index (χ1v) is 8.77. The van der Waals surface area contributed by atoms with Gasteiger partial charge in [0.15, 0.2) is 0 Å². The number of nitrogens with zero attached hydrogens (tertiary/aromatic N) is 2. The van der Waals surface area contributed by atoms with Gasteiger partial charge in [-0.25, -0.2) is 0 Å². The van der Waals surface area contributed by atoms with E-state index in [2.05, 4.69) is 32.4 Å². The first-order chi connectivity index (χ1) is 9.70. The highest BCUT2D eigenvalue weighted by atomic mass is 79.9. The molecule has 1 aliphatic rings. The SMILES string of the molecule is CNC(c1cc2c(s1)CCCCC2)c1c(Br)cnn1C. The summed E-state index contributed by atoms with van der Waals surface area (Å²) in [6, 6.07) is 2.63. The molecule has 1 N–H and O–H groups in total. The fraction of sp³-hybridized carbons (Fsp3) is 0.533. The standard InChI is InChI=1S/C15H20BrN3S/c1-17-14(15-11(16)9-18-19(15)2)13-8-10-6-4-3-5-7-12(10)20-13/h8-9,14,17H,3-7H2,1-2H3. The van der Waals surface area contributed by atoms with Crippen molar-refractivity contribution in [3.8, 4) is 0 Å². The van der Waals surface area contributed by atoms with E-state index in [-0.39, 0.29) is 6.04 Å². The van der Waals surface area contributed by atoms with Gasteiger partial charge in [0.1, 0.15) is 0 Å². The largest absolute Gasteiger partial charge is 0.307 e. The maximum Gasteiger partial charge on any atom is 0.0851 e. The summed E-state index contributed by atoms with van der Waals surface area (Å²) in [6.45, 7) is 0. The van der Waals surface area contributed by atoms with Crippen LogP contribution in [-0.2, 0) is 19.9 Å². The van der Waals surface area contributed by atoms with Crippen LogP contribution in [0.2, 0.25) is 0 Å². The molecule has 20 heavy (non-hydrogen) atoms. The molecule has 0 fully saturated rings. The summed E-state index contributed by atoms with van der Waals surface area (Å²) in [5.41, 5.74) is 2.77. The van der Waals surface area contributed by atoms with E-state index >= 15 is 0 Å². The van der Waals surface area contributed by atoms with Crippen molar-refractivity contribution in [2.45, 2.75) is 38.1 Å². The first kappa shape index (κ1) is 14.3. The summed E-state index contributed by atoms with van der Waals surface area (Å²) in [7, 11) is 4.03. The van der Waals surface area contributed by atoms with E-state index in [9.17, 15) is 0 Å². The lowest BCUT2D eigenvalue weighted by molar-refractivity contribution is 0.610. The molecule has 108 valence electrons. The fourth-order valence-corrected chi connectivity index (χ4v) is 4.94. The predicted octanol–water partition coefficient (Wildman–Crippen LogP) is 3.82. The van der Waals surface area contributed by atoms with Gasteiger partial charge in [-0.05, 0) is 60.3 Å². The van der Waals surface area contributed by atoms with Crippen LogP contribution in [0.25, 0.3) is 0 Å². The minimum atomic E-state index is 0.216. The van der Waals surface area contributed by atoms with Gasteiger partial charge in [-0.1, -0.05) is 6.42 Å². The minimum Gasteiger partial charge on any atom is -0.307 e. The fourth-order valence-electron chi connectivity index (χ4n) is 2.99. The number of rotatable bonds is 3. The average molecular weight is 354 g/mol. The van der Waals surface area contributed by atoms with Gasteiger partial charge in [0.05, 0.1) is 22.4 Å². The van der Waals surface area contributed by atoms with Crippen molar-refractivity contribution < 1.29 is 0 Å². The molecule has 0 aromatic carbocycles. The van der Waals surface area contributed by atoms with Crippen LogP contribution in [-0.4, -0.2) is 16.8 Å². The van der Waals surface area contributed by atoms with E-state index < -0.39 is 0 Å². The van der Waals surface area contributed by atoms with E-state index in [1.807, 2.05) is 36.3 Å². The second-order valence-electron chi connectivity index (χ2n) is 5.38. The lowest BCUT2D eigenvalue weighted by Crippen LogP contribution is -2.20. The molecule has 5 heteroatoms. The summed E-state index contributed by atoms with van der Waals surface area (Å²) in [5.74, 6) is 0. The van der Waals surface area contributed by atoms with Gasteiger partial charge in [-0.3, -0.25) is 4.68 Å². The van der Waals surface area contributed by atoms with Crippen molar-refractivity contribution in [2.24, 2.45) is 7.05 Å². The molecule has 1 unspecified atom stereocenters. The van der Waals surface area contributed by atoms with Crippen molar-refractivity contribution in [3.63, 3.8) is 0 Å². The molecule has 0 aliphatic heterocycles. The molecule has 0 bridgehead atoms. The molecular weight excluding hydrogens is 334 g/mol. The van der Waals surface area contributed by atoms with Gasteiger partial charge in [0.25, 0.3) is 0 Å². The Morgan fingerprint density at radius 3 is 2.85 bits per heavy atom. The highest BCUT2D eigenvalue weighted by Gasteiger charge is 2.23. The maximum atomic E-state index is 4.34. The zero-order valence-electron chi connectivity index (χ0n) is 11.9. The van der Waals surface area contributed by atoms with Gasteiger partial charge in [-0.15, -0.1) is 11.3 Å². The molecule has 2 heterocycles. The Kier molecular flexibility index (Phi) is 4.29. The molecule has 2 aromatic rings. The van der Waals surface area contributed by atoms with Gasteiger partial charge >= 0.3 is 0 Å². The topological polar surface area (TPSA) is 29.9 Å². The number of halogens is 1. The quantitative estimate of drug-likeness (QED) is 0.850. The number of aromatic nitrogens is 2. The maximum absolute atomic E-state index is 4.34. The zero-order chi connectivity index (χ0) is 14.1. The second-order valence-corrected chi connectivity index (χ2v) is 7.40. The van der Waals surface area contributed by atoms with E-state index in [1.165, 1.54) is 42.7 Å². The van der Waals surface area contributed by atoms with Crippen LogP contribution in [0.1, 0.15) is 46.3 Å². The first-order valence-electron chi connectivity index (χ1n) is 7.17. The second kappa shape index (κ2) is 6.00. The Balaban J connectivity index is 1.98. The molecule has 0 radical (unpaired) electrons. The molecule has 0 spiro atoms. The van der Waals surface area contributed by atoms with Gasteiger partial charge in [0.2, 0.25) is 0 Å². The Hall–Kier alpha value is -0.650. The lowest BCUT2D eigenvalue weighted by Gasteiger charge is -2.16. The average Bonchev–Trinajstić information content (AvgIpc) is 2.90. The summed E-state index contributed by atoms with van der Waals surface area (Å²) in [6.07, 6.45) is 8.42. The van der Waals surface area contributed by atoms with Crippen molar-refractivity contribution in [2.75, 3.05) is 7.05 Å². The van der Waals surface area contributed by atoms with E-state index in [0.717, 1.165) is 4.47 Å². The van der Waals surface area contributed by atoms with Crippen LogP contribution in [0.15, 0.2) is 16.7 Å². The lowest BCUT2D eigenvalue weighted by atomic mass is 10.1. The number of fused-ring (bicyclic) bond motifs is 1. The Morgan fingerprint density at radius 1 is 1.35 bits per heavy atom. The van der Waals surface area contributed by atoms with Crippen molar-refractivity contribution in [1.82, 2.24) is 15.1 Å². The summed E-state index contributed by atoms with van der Waals surface area (Å²) in [4.78, 5) is 3.00. The molecule has 0 saturated heterocycles. The number of thiophene rings is 1. The molecule has 3 nitrogen and oxygen atoms in total. The number of hydrogen-bond acceptors (Lipinski definition) is 3. The highest BCUT2D eigenvalue weighted by Crippen LogP contribution is 2.36. The van der Waals surface area contributed by atoms with E-state index in [0.29, 0.717) is 0 Å². The van der Waals surface area contributed by atoms with Crippen LogP contribution in [0.3, 0.4) is 0 Å². The van der Waals surface area contributed by atoms with Crippen LogP contribution in [0, 0.1) is 0 Å². The van der Waals surface area contributed by atoms with Gasteiger partial charge in [0, 0.05) is 16.8 Å². The van der Waals surface area contributed by atoms with Crippen LogP contribution >= 0.6 is 27.3 Å². The molecule has 1 atom stereocenters. The molecule has 0 saturated carbocycles. The van der Waals surface area contributed by atoms with Crippen molar-refractivity contribution >= 4 is 27.3 Å². The summed E-state index contributed by atoms with van der Waals surface area (Å²) >= 11 is 5.59. The Morgan fingerprint density at radius 2 is 2.15 bits per heavy atom. The zero-order valence-corrected chi connectivity index (χ0v) is 14.4. The third-order valence-electron chi connectivity index (χ3n) is 4.05. The van der Waals surface area contributed by atoms with Crippen molar-refractivity contribution in [3.05, 3.63) is 37.7 Å². The number of nitrogens with one attached hydrogen (secondary N) is 1. The summed E-state index contributed by atoms with van der Waals surface area (Å²) < 4.78 is 3.03. The summed E-state index contributed by atoms with van der Waals surface area (Å²) in [5, 5.41) is 7.79. The smallest absolute Gasteiger partial charge is 0.0851 e. The third kappa shape index (κ3) is 2.59. The Labute approximate surface area is 132 Å². The van der Waals surface area contributed by atoms with Crippen molar-refractivity contribution in [1.29, 1.82) is 0 Å². The van der Waals surface area contributed by atoms with Crippen LogP contribution in [0.5, 0.6) is 0 Å². The van der Waals surface area contributed by atoms with Gasteiger partial charge < -0.3 is 5.32 Å². The molecule has 3 rings (SSSR count). The monoisotopic (exact) mass is 353 g/mol. The third-order valence-corrected chi connectivity index (χ3v) is 5.96.